The fraction of sp³-hybridized carbons (Fsp3) is 0.333. The van der Waals surface area contributed by atoms with Crippen LogP contribution in [0.2, 0.25) is 0 Å². The quantitative estimate of drug-likeness (QED) is 0.457. The van der Waals surface area contributed by atoms with E-state index in [2.05, 4.69) is 0 Å². The van der Waals surface area contributed by atoms with Gasteiger partial charge in [0.25, 0.3) is 6.29 Å². The van der Waals surface area contributed by atoms with Crippen molar-refractivity contribution in [2.24, 2.45) is 0 Å². The molecular formula is C15H16O8. The first-order chi connectivity index (χ1) is 10.7. The van der Waals surface area contributed by atoms with Gasteiger partial charge in [0.15, 0.2) is 0 Å². The largest absolute Gasteiger partial charge is 0.427 e. The maximum Gasteiger partial charge on any atom is 0.308 e. The smallest absolute Gasteiger partial charge is 0.308 e. The summed E-state index contributed by atoms with van der Waals surface area (Å²) in [6.07, 6.45) is -1.40. The van der Waals surface area contributed by atoms with E-state index < -0.39 is 30.2 Å². The average Bonchev–Trinajstić information content (AvgIpc) is 2.35. The summed E-state index contributed by atoms with van der Waals surface area (Å²) >= 11 is 0. The number of hydrogen-bond donors (Lipinski definition) is 0. The molecule has 8 heteroatoms. The van der Waals surface area contributed by atoms with E-state index in [1.807, 2.05) is 0 Å². The highest BCUT2D eigenvalue weighted by Gasteiger charge is 2.24. The summed E-state index contributed by atoms with van der Waals surface area (Å²) in [5.41, 5.74) is 0.113. The molecule has 0 aromatic heterocycles. The van der Waals surface area contributed by atoms with Crippen LogP contribution < -0.4 is 9.47 Å². The maximum absolute atomic E-state index is 11.2. The van der Waals surface area contributed by atoms with Crippen LogP contribution in [0.3, 0.4) is 0 Å². The highest BCUT2D eigenvalue weighted by molar-refractivity contribution is 5.72. The van der Waals surface area contributed by atoms with E-state index in [1.165, 1.54) is 25.1 Å². The number of carbonyl (C=O) groups is 4. The molecule has 0 fully saturated rings. The first-order valence-electron chi connectivity index (χ1n) is 6.54. The van der Waals surface area contributed by atoms with Gasteiger partial charge in [-0.2, -0.15) is 0 Å². The second-order valence-electron chi connectivity index (χ2n) is 4.44. The lowest BCUT2D eigenvalue weighted by Gasteiger charge is -2.19. The van der Waals surface area contributed by atoms with Crippen molar-refractivity contribution in [2.75, 3.05) is 0 Å². The first-order valence-corrected chi connectivity index (χ1v) is 6.54. The zero-order valence-electron chi connectivity index (χ0n) is 13.1. The highest BCUT2D eigenvalue weighted by atomic mass is 16.7. The molecule has 0 aliphatic carbocycles. The Morgan fingerprint density at radius 2 is 1.30 bits per heavy atom. The molecule has 1 aromatic carbocycles. The SMILES string of the molecule is CC(=O)Oc1ccc(C(OC(C)=O)OC(C)=O)c(OC(C)=O)c1. The number of rotatable bonds is 5. The summed E-state index contributed by atoms with van der Waals surface area (Å²) in [5.74, 6) is -2.58. The Morgan fingerprint density at radius 1 is 0.783 bits per heavy atom. The number of ether oxygens (including phenoxy) is 4. The van der Waals surface area contributed by atoms with E-state index in [1.54, 1.807) is 0 Å². The van der Waals surface area contributed by atoms with Crippen LogP contribution in [-0.4, -0.2) is 23.9 Å². The molecule has 0 heterocycles. The van der Waals surface area contributed by atoms with E-state index >= 15 is 0 Å². The summed E-state index contributed by atoms with van der Waals surface area (Å²) < 4.78 is 19.7. The van der Waals surface area contributed by atoms with Gasteiger partial charge in [0, 0.05) is 33.8 Å². The van der Waals surface area contributed by atoms with Gasteiger partial charge >= 0.3 is 23.9 Å². The molecule has 0 aliphatic heterocycles. The minimum absolute atomic E-state index is 0.0660. The monoisotopic (exact) mass is 324 g/mol. The Morgan fingerprint density at radius 3 is 1.74 bits per heavy atom. The molecule has 0 saturated heterocycles. The Kier molecular flexibility index (Phi) is 6.25. The lowest BCUT2D eigenvalue weighted by atomic mass is 10.1. The van der Waals surface area contributed by atoms with Gasteiger partial charge in [-0.25, -0.2) is 0 Å². The van der Waals surface area contributed by atoms with Crippen LogP contribution in [0, 0.1) is 0 Å². The molecule has 0 unspecified atom stereocenters. The van der Waals surface area contributed by atoms with Gasteiger partial charge < -0.3 is 18.9 Å². The molecule has 0 spiro atoms. The number of esters is 4. The Hall–Kier alpha value is -2.90. The lowest BCUT2D eigenvalue weighted by molar-refractivity contribution is -0.186. The Bertz CT molecular complexity index is 618. The van der Waals surface area contributed by atoms with E-state index in [0.717, 1.165) is 20.8 Å². The molecule has 23 heavy (non-hydrogen) atoms. The van der Waals surface area contributed by atoms with Gasteiger partial charge in [0.05, 0.1) is 5.56 Å². The predicted molar refractivity (Wildman–Crippen MR) is 75.3 cm³/mol. The summed E-state index contributed by atoms with van der Waals surface area (Å²) in [5, 5.41) is 0. The van der Waals surface area contributed by atoms with Crippen LogP contribution in [-0.2, 0) is 28.7 Å². The third-order valence-electron chi connectivity index (χ3n) is 2.30. The lowest BCUT2D eigenvalue weighted by Crippen LogP contribution is -2.17. The van der Waals surface area contributed by atoms with Gasteiger partial charge in [0.2, 0.25) is 0 Å². The molecule has 0 atom stereocenters. The number of hydrogen-bond acceptors (Lipinski definition) is 8. The van der Waals surface area contributed by atoms with Crippen molar-refractivity contribution in [2.45, 2.75) is 34.0 Å². The Labute approximate surface area is 132 Å². The topological polar surface area (TPSA) is 105 Å². The van der Waals surface area contributed by atoms with Crippen molar-refractivity contribution in [1.29, 1.82) is 0 Å². The van der Waals surface area contributed by atoms with Crippen molar-refractivity contribution >= 4 is 23.9 Å². The average molecular weight is 324 g/mol. The van der Waals surface area contributed by atoms with Crippen LogP contribution in [0.5, 0.6) is 11.5 Å². The van der Waals surface area contributed by atoms with Crippen LogP contribution in [0.25, 0.3) is 0 Å². The molecule has 8 nitrogen and oxygen atoms in total. The zero-order valence-corrected chi connectivity index (χ0v) is 13.1. The highest BCUT2D eigenvalue weighted by Crippen LogP contribution is 2.33. The molecule has 0 aliphatic rings. The molecule has 124 valence electrons. The number of carbonyl (C=O) groups excluding carboxylic acids is 4. The maximum atomic E-state index is 11.2. The molecule has 0 bridgehead atoms. The third kappa shape index (κ3) is 6.16. The van der Waals surface area contributed by atoms with Crippen molar-refractivity contribution in [3.8, 4) is 11.5 Å². The summed E-state index contributed by atoms with van der Waals surface area (Å²) in [6.45, 7) is 4.64. The minimum atomic E-state index is -1.40. The molecule has 0 saturated carbocycles. The minimum Gasteiger partial charge on any atom is -0.427 e. The van der Waals surface area contributed by atoms with Gasteiger partial charge in [-0.05, 0) is 12.1 Å². The third-order valence-corrected chi connectivity index (χ3v) is 2.30. The van der Waals surface area contributed by atoms with Crippen LogP contribution in [0.4, 0.5) is 0 Å². The van der Waals surface area contributed by atoms with Crippen LogP contribution in [0.1, 0.15) is 39.5 Å². The van der Waals surface area contributed by atoms with Crippen LogP contribution in [0.15, 0.2) is 18.2 Å². The molecule has 0 amide bonds. The standard InChI is InChI=1S/C15H16O8/c1-8(16)20-12-5-6-13(14(7-12)21-9(2)17)15(22-10(3)18)23-11(4)19/h5-7,15H,1-4H3. The van der Waals surface area contributed by atoms with E-state index in [0.29, 0.717) is 0 Å². The fourth-order valence-corrected chi connectivity index (χ4v) is 1.63. The van der Waals surface area contributed by atoms with E-state index in [9.17, 15) is 19.2 Å². The summed E-state index contributed by atoms with van der Waals surface area (Å²) in [4.78, 5) is 44.5. The predicted octanol–water partition coefficient (Wildman–Crippen LogP) is 1.66. The normalized spacial score (nSPS) is 9.96. The van der Waals surface area contributed by atoms with E-state index in [-0.39, 0.29) is 17.1 Å². The van der Waals surface area contributed by atoms with Crippen molar-refractivity contribution in [1.82, 2.24) is 0 Å². The molecular weight excluding hydrogens is 308 g/mol. The van der Waals surface area contributed by atoms with Crippen molar-refractivity contribution in [3.63, 3.8) is 0 Å². The Balaban J connectivity index is 3.27. The molecule has 0 N–H and O–H groups in total. The first kappa shape index (κ1) is 18.1. The number of benzene rings is 1. The van der Waals surface area contributed by atoms with Crippen molar-refractivity contribution in [3.05, 3.63) is 23.8 Å². The molecule has 1 rings (SSSR count). The van der Waals surface area contributed by atoms with Gasteiger partial charge in [-0.3, -0.25) is 19.2 Å². The van der Waals surface area contributed by atoms with Gasteiger partial charge in [-0.1, -0.05) is 0 Å². The van der Waals surface area contributed by atoms with E-state index in [4.69, 9.17) is 18.9 Å². The second kappa shape index (κ2) is 7.92. The molecule has 0 radical (unpaired) electrons. The summed E-state index contributed by atoms with van der Waals surface area (Å²) in [6, 6.07) is 3.98. The second-order valence-corrected chi connectivity index (χ2v) is 4.44. The van der Waals surface area contributed by atoms with Gasteiger partial charge in [-0.15, -0.1) is 0 Å². The fourth-order valence-electron chi connectivity index (χ4n) is 1.63. The molecule has 1 aromatic rings. The zero-order chi connectivity index (χ0) is 17.6. The summed E-state index contributed by atoms with van der Waals surface area (Å²) in [7, 11) is 0. The van der Waals surface area contributed by atoms with Crippen molar-refractivity contribution < 1.29 is 38.1 Å². The van der Waals surface area contributed by atoms with Crippen LogP contribution >= 0.6 is 0 Å². The van der Waals surface area contributed by atoms with Gasteiger partial charge in [0.1, 0.15) is 11.5 Å².